The summed E-state index contributed by atoms with van der Waals surface area (Å²) in [4.78, 5) is 11.0. The summed E-state index contributed by atoms with van der Waals surface area (Å²) in [6.45, 7) is 10.5. The molecule has 0 unspecified atom stereocenters. The highest BCUT2D eigenvalue weighted by Gasteiger charge is 2.64. The molecule has 4 fully saturated rings. The molecule has 7 nitrogen and oxygen atoms in total. The van der Waals surface area contributed by atoms with E-state index < -0.39 is 5.97 Å². The van der Waals surface area contributed by atoms with E-state index in [1.807, 2.05) is 0 Å². The van der Waals surface area contributed by atoms with Gasteiger partial charge in [-0.3, -0.25) is 4.79 Å². The fraction of sp³-hybridized carbons (Fsp3) is 0.931. The van der Waals surface area contributed by atoms with Gasteiger partial charge in [0.25, 0.3) is 0 Å². The van der Waals surface area contributed by atoms with Crippen LogP contribution in [0.2, 0.25) is 0 Å². The van der Waals surface area contributed by atoms with Crippen molar-refractivity contribution in [1.29, 1.82) is 0 Å². The number of aliphatic hydroxyl groups excluding tert-OH is 2. The lowest BCUT2D eigenvalue weighted by atomic mass is 9.41. The zero-order valence-electron chi connectivity index (χ0n) is 22.8. The maximum Gasteiger partial charge on any atom is 0.310 e. The number of hydrogen-bond donors (Lipinski definition) is 3. The Kier molecular flexibility index (Phi) is 7.12. The fourth-order valence-corrected chi connectivity index (χ4v) is 10.3. The van der Waals surface area contributed by atoms with Crippen LogP contribution in [0.3, 0.4) is 0 Å². The first-order valence-electron chi connectivity index (χ1n) is 14.7. The Morgan fingerprint density at radius 1 is 1.11 bits per heavy atom. The van der Waals surface area contributed by atoms with Crippen LogP contribution in [0.25, 0.3) is 0 Å². The van der Waals surface area contributed by atoms with Gasteiger partial charge in [0.2, 0.25) is 0 Å². The molecule has 0 aromatic carbocycles. The molecule has 5 rings (SSSR count). The summed E-state index contributed by atoms with van der Waals surface area (Å²) in [6, 6.07) is 0. The van der Waals surface area contributed by atoms with Crippen molar-refractivity contribution in [1.82, 2.24) is 15.0 Å². The monoisotopic (exact) mass is 502 g/mol. The molecule has 3 N–H and O–H groups in total. The van der Waals surface area contributed by atoms with E-state index in [4.69, 9.17) is 5.11 Å². The maximum atomic E-state index is 11.9. The number of nitrogens with zero attached hydrogens (tertiary/aromatic N) is 3. The first kappa shape index (κ1) is 26.3. The predicted molar refractivity (Wildman–Crippen MR) is 137 cm³/mol. The topological polar surface area (TPSA) is 110 Å². The zero-order chi connectivity index (χ0) is 25.8. The number of fused-ring (bicyclic) bond motifs is 5. The number of aliphatic hydroxyl groups is 2. The third-order valence-electron chi connectivity index (χ3n) is 12.1. The summed E-state index contributed by atoms with van der Waals surface area (Å²) in [6.07, 6.45) is 10.5. The Labute approximate surface area is 216 Å². The van der Waals surface area contributed by atoms with Crippen LogP contribution in [0.4, 0.5) is 0 Å². The van der Waals surface area contributed by atoms with Gasteiger partial charge in [-0.1, -0.05) is 34.1 Å². The van der Waals surface area contributed by atoms with E-state index in [2.05, 4.69) is 38.0 Å². The van der Waals surface area contributed by atoms with Crippen LogP contribution in [0, 0.1) is 52.3 Å². The SMILES string of the molecule is CC[C@H]1[C@@H](O)[C@@H]2[C@H](CC[C@]3(C)[C@@H]([C@H](C)CCCn4[n-]nc4CC(=O)O)CC[C@@H]23)[C@@]2(C)CC[C@@H](O)C[C@@H]12. The molecule has 0 amide bonds. The number of aliphatic carboxylic acids is 1. The van der Waals surface area contributed by atoms with Crippen molar-refractivity contribution in [3.8, 4) is 0 Å². The lowest BCUT2D eigenvalue weighted by molar-refractivity contribution is -0.203. The number of carboxylic acid groups (broad SMARTS) is 1. The molecule has 4 aliphatic carbocycles. The van der Waals surface area contributed by atoms with Crippen LogP contribution >= 0.6 is 0 Å². The highest BCUT2D eigenvalue weighted by Crippen LogP contribution is 2.69. The Morgan fingerprint density at radius 3 is 2.50 bits per heavy atom. The summed E-state index contributed by atoms with van der Waals surface area (Å²) in [5, 5.41) is 39.3. The van der Waals surface area contributed by atoms with Gasteiger partial charge in [0.05, 0.1) is 18.0 Å². The predicted octanol–water partition coefficient (Wildman–Crippen LogP) is 4.51. The van der Waals surface area contributed by atoms with Crippen molar-refractivity contribution in [2.45, 2.75) is 117 Å². The van der Waals surface area contributed by atoms with Crippen molar-refractivity contribution >= 4 is 5.97 Å². The zero-order valence-corrected chi connectivity index (χ0v) is 22.8. The molecule has 1 aromatic rings. The summed E-state index contributed by atoms with van der Waals surface area (Å²) < 4.78 is 1.76. The van der Waals surface area contributed by atoms with Crippen LogP contribution < -0.4 is 5.21 Å². The van der Waals surface area contributed by atoms with Crippen molar-refractivity contribution in [3.63, 3.8) is 0 Å². The van der Waals surface area contributed by atoms with E-state index in [0.717, 1.165) is 45.1 Å². The molecule has 36 heavy (non-hydrogen) atoms. The molecule has 204 valence electrons. The Morgan fingerprint density at radius 2 is 1.83 bits per heavy atom. The van der Waals surface area contributed by atoms with Gasteiger partial charge >= 0.3 is 5.97 Å². The number of hydrogen-bond acceptors (Lipinski definition) is 4. The van der Waals surface area contributed by atoms with Gasteiger partial charge in [-0.25, -0.2) is 0 Å². The van der Waals surface area contributed by atoms with Crippen LogP contribution in [-0.4, -0.2) is 43.3 Å². The van der Waals surface area contributed by atoms with E-state index in [0.29, 0.717) is 47.2 Å². The fourth-order valence-electron chi connectivity index (χ4n) is 10.3. The molecule has 0 spiro atoms. The average molecular weight is 503 g/mol. The second-order valence-electron chi connectivity index (χ2n) is 13.5. The van der Waals surface area contributed by atoms with Gasteiger partial charge in [0.15, 0.2) is 0 Å². The minimum absolute atomic E-state index is 0.0518. The molecule has 0 bridgehead atoms. The van der Waals surface area contributed by atoms with Gasteiger partial charge in [0, 0.05) is 6.54 Å². The number of aromatic nitrogens is 3. The Hall–Kier alpha value is -1.34. The number of aryl methyl sites for hydroxylation is 1. The second kappa shape index (κ2) is 9.76. The molecule has 0 radical (unpaired) electrons. The molecular formula is C29H48N3O4-. The van der Waals surface area contributed by atoms with Crippen LogP contribution in [0.1, 0.15) is 97.7 Å². The van der Waals surface area contributed by atoms with Gasteiger partial charge in [-0.05, 0) is 110 Å². The standard InChI is InChI=1S/C29H48N3O4/c1-5-19-23-15-18(33)10-12-29(23,4)22-11-13-28(3)20(8-9-21(28)26(22)27(19)36)17(2)7-6-14-32-24(30-31-32)16-25(34)35/h17-23,26-27,33,36H,5-16H2,1-4H3,(H,34,35)/q-1/t17-,18-,19-,20-,21+,22+,23+,26+,27-,28-,29-/m1/s1. The molecule has 1 heterocycles. The largest absolute Gasteiger partial charge is 0.510 e. The third kappa shape index (κ3) is 4.16. The van der Waals surface area contributed by atoms with Gasteiger partial charge < -0.3 is 30.3 Å². The van der Waals surface area contributed by atoms with Crippen molar-refractivity contribution in [3.05, 3.63) is 5.82 Å². The van der Waals surface area contributed by atoms with E-state index in [9.17, 15) is 15.0 Å². The Bertz CT molecular complexity index is 928. The first-order valence-corrected chi connectivity index (χ1v) is 14.7. The first-order chi connectivity index (χ1) is 17.1. The van der Waals surface area contributed by atoms with Crippen molar-refractivity contribution in [2.24, 2.45) is 52.3 Å². The van der Waals surface area contributed by atoms with Crippen molar-refractivity contribution in [2.75, 3.05) is 0 Å². The van der Waals surface area contributed by atoms with Crippen molar-refractivity contribution < 1.29 is 20.1 Å². The highest BCUT2D eigenvalue weighted by atomic mass is 16.4. The Balaban J connectivity index is 1.28. The third-order valence-corrected chi connectivity index (χ3v) is 12.1. The molecule has 0 saturated heterocycles. The lowest BCUT2D eigenvalue weighted by Crippen LogP contribution is -2.62. The molecule has 4 aliphatic rings. The minimum atomic E-state index is -0.859. The quantitative estimate of drug-likeness (QED) is 0.482. The van der Waals surface area contributed by atoms with E-state index >= 15 is 0 Å². The molecular weight excluding hydrogens is 454 g/mol. The number of carboxylic acids is 1. The van der Waals surface area contributed by atoms with E-state index in [-0.39, 0.29) is 29.5 Å². The minimum Gasteiger partial charge on any atom is -0.510 e. The molecule has 4 saturated carbocycles. The molecule has 0 aliphatic heterocycles. The van der Waals surface area contributed by atoms with E-state index in [1.54, 1.807) is 4.68 Å². The normalized spacial score (nSPS) is 45.1. The smallest absolute Gasteiger partial charge is 0.310 e. The summed E-state index contributed by atoms with van der Waals surface area (Å²) in [7, 11) is 0. The highest BCUT2D eigenvalue weighted by molar-refractivity contribution is 5.68. The van der Waals surface area contributed by atoms with E-state index in [1.165, 1.54) is 25.7 Å². The lowest BCUT2D eigenvalue weighted by Gasteiger charge is -2.64. The molecule has 11 atom stereocenters. The summed E-state index contributed by atoms with van der Waals surface area (Å²) >= 11 is 0. The summed E-state index contributed by atoms with van der Waals surface area (Å²) in [5.74, 6) is 3.33. The maximum absolute atomic E-state index is 11.9. The number of rotatable bonds is 8. The van der Waals surface area contributed by atoms with Gasteiger partial charge in [0.1, 0.15) is 6.42 Å². The summed E-state index contributed by atoms with van der Waals surface area (Å²) in [5.41, 5.74) is 0.541. The number of carbonyl (C=O) groups is 1. The average Bonchev–Trinajstić information content (AvgIpc) is 3.18. The molecule has 7 heteroatoms. The second-order valence-corrected chi connectivity index (χ2v) is 13.5. The van der Waals surface area contributed by atoms with Crippen LogP contribution in [-0.2, 0) is 17.8 Å². The van der Waals surface area contributed by atoms with Crippen LogP contribution in [0.15, 0.2) is 0 Å². The van der Waals surface area contributed by atoms with Gasteiger partial charge in [-0.2, -0.15) is 0 Å². The van der Waals surface area contributed by atoms with Crippen LogP contribution in [0.5, 0.6) is 0 Å². The van der Waals surface area contributed by atoms with Gasteiger partial charge in [-0.15, -0.1) is 0 Å². The molecule has 1 aromatic heterocycles.